The summed E-state index contributed by atoms with van der Waals surface area (Å²) in [5.41, 5.74) is 2.24. The maximum absolute atomic E-state index is 12.6. The average Bonchev–Trinajstić information content (AvgIpc) is 3.13. The SMILES string of the molecule is Cc1cc(C)n(C[C@@H]2CCCN2C(=O)C[C@@H]2C=CCC2)n1. The van der Waals surface area contributed by atoms with E-state index >= 15 is 0 Å². The molecular weight excluding hydrogens is 262 g/mol. The molecule has 2 atom stereocenters. The monoisotopic (exact) mass is 287 g/mol. The van der Waals surface area contributed by atoms with Gasteiger partial charge in [0.15, 0.2) is 0 Å². The largest absolute Gasteiger partial charge is 0.338 e. The molecule has 0 unspecified atom stereocenters. The summed E-state index contributed by atoms with van der Waals surface area (Å²) in [7, 11) is 0. The Hall–Kier alpha value is -1.58. The molecule has 4 heteroatoms. The van der Waals surface area contributed by atoms with Crippen molar-refractivity contribution in [2.24, 2.45) is 5.92 Å². The number of rotatable bonds is 4. The fourth-order valence-electron chi connectivity index (χ4n) is 3.62. The molecule has 3 rings (SSSR count). The molecule has 0 saturated carbocycles. The molecule has 1 fully saturated rings. The Morgan fingerprint density at radius 3 is 2.90 bits per heavy atom. The molecule has 1 saturated heterocycles. The van der Waals surface area contributed by atoms with E-state index in [2.05, 4.69) is 39.8 Å². The third-order valence-electron chi connectivity index (χ3n) is 4.73. The molecule has 0 aromatic carbocycles. The number of likely N-dealkylation sites (tertiary alicyclic amines) is 1. The number of hydrogen-bond acceptors (Lipinski definition) is 2. The van der Waals surface area contributed by atoms with Gasteiger partial charge in [-0.2, -0.15) is 5.10 Å². The van der Waals surface area contributed by atoms with Crippen LogP contribution in [0, 0.1) is 19.8 Å². The first-order chi connectivity index (χ1) is 10.1. The van der Waals surface area contributed by atoms with E-state index in [0.717, 1.165) is 44.5 Å². The lowest BCUT2D eigenvalue weighted by molar-refractivity contribution is -0.132. The molecule has 1 aromatic heterocycles. The predicted molar refractivity (Wildman–Crippen MR) is 82.9 cm³/mol. The number of hydrogen-bond donors (Lipinski definition) is 0. The van der Waals surface area contributed by atoms with E-state index < -0.39 is 0 Å². The molecule has 0 N–H and O–H groups in total. The minimum atomic E-state index is 0.320. The molecule has 2 heterocycles. The Bertz CT molecular complexity index is 546. The second kappa shape index (κ2) is 6.04. The molecule has 1 aliphatic heterocycles. The van der Waals surface area contributed by atoms with Gasteiger partial charge in [-0.05, 0) is 51.5 Å². The number of allylic oxidation sites excluding steroid dienone is 2. The van der Waals surface area contributed by atoms with Crippen LogP contribution in [0.25, 0.3) is 0 Å². The Morgan fingerprint density at radius 1 is 1.38 bits per heavy atom. The van der Waals surface area contributed by atoms with Gasteiger partial charge in [-0.1, -0.05) is 12.2 Å². The van der Waals surface area contributed by atoms with E-state index in [4.69, 9.17) is 0 Å². The standard InChI is InChI=1S/C17H25N3O/c1-13-10-14(2)20(18-13)12-16-8-5-9-19(16)17(21)11-15-6-3-4-7-15/h3,6,10,15-16H,4-5,7-9,11-12H2,1-2H3/t15-,16+/m1/s1. The summed E-state index contributed by atoms with van der Waals surface area (Å²) in [4.78, 5) is 14.7. The van der Waals surface area contributed by atoms with Gasteiger partial charge in [-0.15, -0.1) is 0 Å². The molecule has 1 aromatic rings. The maximum atomic E-state index is 12.6. The molecule has 0 bridgehead atoms. The van der Waals surface area contributed by atoms with Crippen LogP contribution < -0.4 is 0 Å². The topological polar surface area (TPSA) is 38.1 Å². The van der Waals surface area contributed by atoms with Crippen molar-refractivity contribution in [3.05, 3.63) is 29.6 Å². The van der Waals surface area contributed by atoms with Crippen molar-refractivity contribution in [3.8, 4) is 0 Å². The van der Waals surface area contributed by atoms with Crippen LogP contribution in [0.5, 0.6) is 0 Å². The molecule has 1 amide bonds. The Balaban J connectivity index is 1.63. The van der Waals surface area contributed by atoms with Gasteiger partial charge in [0, 0.05) is 18.7 Å². The summed E-state index contributed by atoms with van der Waals surface area (Å²) in [5, 5.41) is 4.54. The number of nitrogens with zero attached hydrogens (tertiary/aromatic N) is 3. The smallest absolute Gasteiger partial charge is 0.223 e. The third kappa shape index (κ3) is 3.20. The van der Waals surface area contributed by atoms with E-state index in [0.29, 0.717) is 24.3 Å². The van der Waals surface area contributed by atoms with Crippen LogP contribution in [0.1, 0.15) is 43.5 Å². The van der Waals surface area contributed by atoms with Crippen molar-refractivity contribution in [1.82, 2.24) is 14.7 Å². The summed E-state index contributed by atoms with van der Waals surface area (Å²) >= 11 is 0. The summed E-state index contributed by atoms with van der Waals surface area (Å²) in [5.74, 6) is 0.794. The lowest BCUT2D eigenvalue weighted by atomic mass is 10.0. The number of carbonyl (C=O) groups is 1. The summed E-state index contributed by atoms with van der Waals surface area (Å²) in [6, 6.07) is 2.42. The van der Waals surface area contributed by atoms with Gasteiger partial charge in [0.25, 0.3) is 0 Å². The Labute approximate surface area is 126 Å². The lowest BCUT2D eigenvalue weighted by Crippen LogP contribution is -2.39. The van der Waals surface area contributed by atoms with Crippen molar-refractivity contribution in [2.45, 2.75) is 58.5 Å². The van der Waals surface area contributed by atoms with Crippen LogP contribution in [-0.2, 0) is 11.3 Å². The summed E-state index contributed by atoms with van der Waals surface area (Å²) in [6.07, 6.45) is 9.60. The van der Waals surface area contributed by atoms with E-state index in [1.807, 2.05) is 6.92 Å². The van der Waals surface area contributed by atoms with Gasteiger partial charge in [-0.25, -0.2) is 0 Å². The highest BCUT2D eigenvalue weighted by atomic mass is 16.2. The molecule has 2 aliphatic rings. The minimum Gasteiger partial charge on any atom is -0.338 e. The van der Waals surface area contributed by atoms with Crippen LogP contribution >= 0.6 is 0 Å². The van der Waals surface area contributed by atoms with Crippen LogP contribution in [-0.4, -0.2) is 33.2 Å². The first-order valence-corrected chi connectivity index (χ1v) is 8.10. The van der Waals surface area contributed by atoms with Crippen LogP contribution in [0.2, 0.25) is 0 Å². The van der Waals surface area contributed by atoms with Crippen molar-refractivity contribution >= 4 is 5.91 Å². The van der Waals surface area contributed by atoms with Crippen molar-refractivity contribution < 1.29 is 4.79 Å². The highest BCUT2D eigenvalue weighted by Gasteiger charge is 2.30. The summed E-state index contributed by atoms with van der Waals surface area (Å²) in [6.45, 7) is 5.86. The second-order valence-corrected chi connectivity index (χ2v) is 6.46. The molecule has 0 spiro atoms. The fourth-order valence-corrected chi connectivity index (χ4v) is 3.62. The highest BCUT2D eigenvalue weighted by molar-refractivity contribution is 5.77. The van der Waals surface area contributed by atoms with E-state index in [-0.39, 0.29) is 0 Å². The molecule has 0 radical (unpaired) electrons. The number of amides is 1. The summed E-state index contributed by atoms with van der Waals surface area (Å²) < 4.78 is 2.06. The second-order valence-electron chi connectivity index (χ2n) is 6.46. The molecule has 4 nitrogen and oxygen atoms in total. The van der Waals surface area contributed by atoms with E-state index in [1.54, 1.807) is 0 Å². The predicted octanol–water partition coefficient (Wildman–Crippen LogP) is 2.85. The normalized spacial score (nSPS) is 25.0. The average molecular weight is 287 g/mol. The minimum absolute atomic E-state index is 0.320. The van der Waals surface area contributed by atoms with Crippen LogP contribution in [0.15, 0.2) is 18.2 Å². The number of aryl methyl sites for hydroxylation is 2. The zero-order valence-corrected chi connectivity index (χ0v) is 13.1. The van der Waals surface area contributed by atoms with Gasteiger partial charge in [0.2, 0.25) is 5.91 Å². The van der Waals surface area contributed by atoms with Gasteiger partial charge in [0.1, 0.15) is 0 Å². The quantitative estimate of drug-likeness (QED) is 0.799. The Kier molecular flexibility index (Phi) is 4.13. The van der Waals surface area contributed by atoms with Gasteiger partial charge in [0.05, 0.1) is 18.3 Å². The fraction of sp³-hybridized carbons (Fsp3) is 0.647. The van der Waals surface area contributed by atoms with Crippen LogP contribution in [0.3, 0.4) is 0 Å². The first kappa shape index (κ1) is 14.4. The zero-order chi connectivity index (χ0) is 14.8. The van der Waals surface area contributed by atoms with Crippen molar-refractivity contribution in [2.75, 3.05) is 6.54 Å². The third-order valence-corrected chi connectivity index (χ3v) is 4.73. The lowest BCUT2D eigenvalue weighted by Gasteiger charge is -2.26. The van der Waals surface area contributed by atoms with Crippen LogP contribution in [0.4, 0.5) is 0 Å². The van der Waals surface area contributed by atoms with Gasteiger partial charge in [-0.3, -0.25) is 9.48 Å². The van der Waals surface area contributed by atoms with Crippen molar-refractivity contribution in [1.29, 1.82) is 0 Å². The maximum Gasteiger partial charge on any atom is 0.223 e. The molecular formula is C17H25N3O. The zero-order valence-electron chi connectivity index (χ0n) is 13.1. The van der Waals surface area contributed by atoms with Crippen molar-refractivity contribution in [3.63, 3.8) is 0 Å². The van der Waals surface area contributed by atoms with Gasteiger partial charge < -0.3 is 4.90 Å². The number of carbonyl (C=O) groups excluding carboxylic acids is 1. The highest BCUT2D eigenvalue weighted by Crippen LogP contribution is 2.25. The molecule has 1 aliphatic carbocycles. The first-order valence-electron chi connectivity index (χ1n) is 8.10. The Morgan fingerprint density at radius 2 is 2.24 bits per heavy atom. The number of aromatic nitrogens is 2. The molecule has 21 heavy (non-hydrogen) atoms. The van der Waals surface area contributed by atoms with E-state index in [9.17, 15) is 4.79 Å². The molecule has 114 valence electrons. The van der Waals surface area contributed by atoms with E-state index in [1.165, 1.54) is 5.69 Å². The van der Waals surface area contributed by atoms with Gasteiger partial charge >= 0.3 is 0 Å².